The van der Waals surface area contributed by atoms with Gasteiger partial charge in [0.15, 0.2) is 0 Å². The fourth-order valence-electron chi connectivity index (χ4n) is 2.57. The van der Waals surface area contributed by atoms with Gasteiger partial charge in [0.2, 0.25) is 0 Å². The lowest BCUT2D eigenvalue weighted by Crippen LogP contribution is -2.29. The zero-order valence-corrected chi connectivity index (χ0v) is 13.5. The summed E-state index contributed by atoms with van der Waals surface area (Å²) >= 11 is 0. The average Bonchev–Trinajstić information content (AvgIpc) is 2.44. The Balaban J connectivity index is 2.47. The summed E-state index contributed by atoms with van der Waals surface area (Å²) in [5.74, 6) is 0.728. The lowest BCUT2D eigenvalue weighted by Gasteiger charge is -2.28. The van der Waals surface area contributed by atoms with E-state index in [4.69, 9.17) is 5.73 Å². The molecule has 0 spiro atoms. The van der Waals surface area contributed by atoms with E-state index in [2.05, 4.69) is 56.0 Å². The molecule has 0 saturated carbocycles. The summed E-state index contributed by atoms with van der Waals surface area (Å²) in [7, 11) is 0. The van der Waals surface area contributed by atoms with Crippen LogP contribution in [0.2, 0.25) is 0 Å². The van der Waals surface area contributed by atoms with Gasteiger partial charge in [0.1, 0.15) is 0 Å². The summed E-state index contributed by atoms with van der Waals surface area (Å²) in [5, 5.41) is 0. The van der Waals surface area contributed by atoms with Gasteiger partial charge in [-0.3, -0.25) is 0 Å². The molecule has 1 aromatic rings. The normalized spacial score (nSPS) is 14.0. The van der Waals surface area contributed by atoms with E-state index in [9.17, 15) is 0 Å². The van der Waals surface area contributed by atoms with E-state index < -0.39 is 0 Å². The highest BCUT2D eigenvalue weighted by Gasteiger charge is 2.11. The smallest absolute Gasteiger partial charge is 0.0366 e. The first kappa shape index (κ1) is 17.0. The first-order chi connectivity index (χ1) is 9.63. The number of nitrogens with zero attached hydrogens (tertiary/aromatic N) is 1. The van der Waals surface area contributed by atoms with Crippen molar-refractivity contribution in [2.75, 3.05) is 18.0 Å². The lowest BCUT2D eigenvalue weighted by atomic mass is 10.0. The maximum atomic E-state index is 5.83. The van der Waals surface area contributed by atoms with Gasteiger partial charge in [-0.25, -0.2) is 0 Å². The van der Waals surface area contributed by atoms with Crippen LogP contribution < -0.4 is 10.6 Å². The van der Waals surface area contributed by atoms with Crippen molar-refractivity contribution in [3.8, 4) is 0 Å². The molecule has 2 heteroatoms. The van der Waals surface area contributed by atoms with Crippen LogP contribution in [-0.4, -0.2) is 19.1 Å². The maximum absolute atomic E-state index is 5.83. The van der Waals surface area contributed by atoms with Crippen LogP contribution in [0, 0.1) is 5.92 Å². The predicted molar refractivity (Wildman–Crippen MR) is 90.2 cm³/mol. The van der Waals surface area contributed by atoms with Crippen LogP contribution in [0.3, 0.4) is 0 Å². The van der Waals surface area contributed by atoms with E-state index in [1.54, 1.807) is 0 Å². The van der Waals surface area contributed by atoms with Gasteiger partial charge in [0, 0.05) is 24.8 Å². The predicted octanol–water partition coefficient (Wildman–Crippen LogP) is 4.45. The fourth-order valence-corrected chi connectivity index (χ4v) is 2.57. The molecule has 0 aliphatic rings. The molecule has 1 aromatic carbocycles. The molecule has 2 nitrogen and oxygen atoms in total. The number of benzene rings is 1. The Kier molecular flexibility index (Phi) is 8.36. The van der Waals surface area contributed by atoms with Gasteiger partial charge in [-0.15, -0.1) is 0 Å². The third-order valence-corrected chi connectivity index (χ3v) is 3.79. The van der Waals surface area contributed by atoms with Gasteiger partial charge < -0.3 is 10.6 Å². The Hall–Kier alpha value is -1.02. The molecule has 0 amide bonds. The second kappa shape index (κ2) is 9.82. The third-order valence-electron chi connectivity index (χ3n) is 3.79. The van der Waals surface area contributed by atoms with Crippen LogP contribution in [0.25, 0.3) is 0 Å². The topological polar surface area (TPSA) is 29.3 Å². The highest BCUT2D eigenvalue weighted by atomic mass is 15.1. The molecule has 0 heterocycles. The van der Waals surface area contributed by atoms with Gasteiger partial charge in [-0.1, -0.05) is 44.9 Å². The van der Waals surface area contributed by atoms with E-state index >= 15 is 0 Å². The van der Waals surface area contributed by atoms with Crippen molar-refractivity contribution in [1.82, 2.24) is 0 Å². The highest BCUT2D eigenvalue weighted by Crippen LogP contribution is 2.18. The molecule has 114 valence electrons. The minimum Gasteiger partial charge on any atom is -0.371 e. The molecular weight excluding hydrogens is 244 g/mol. The van der Waals surface area contributed by atoms with Crippen molar-refractivity contribution in [3.63, 3.8) is 0 Å². The van der Waals surface area contributed by atoms with Crippen LogP contribution in [0.15, 0.2) is 30.3 Å². The van der Waals surface area contributed by atoms with Crippen LogP contribution in [0.5, 0.6) is 0 Å². The first-order valence-electron chi connectivity index (χ1n) is 8.19. The molecule has 1 rings (SSSR count). The Morgan fingerprint density at radius 1 is 1.05 bits per heavy atom. The van der Waals surface area contributed by atoms with E-state index in [1.807, 2.05) is 0 Å². The number of hydrogen-bond acceptors (Lipinski definition) is 2. The first-order valence-corrected chi connectivity index (χ1v) is 8.19. The standard InChI is InChI=1S/C18H32N2/c1-4-5-14-20(18-12-7-6-8-13-18)15-16(2)10-9-11-17(3)19/h6-8,12-13,16-17H,4-5,9-11,14-15,19H2,1-3H3. The zero-order valence-electron chi connectivity index (χ0n) is 13.5. The number of anilines is 1. The van der Waals surface area contributed by atoms with E-state index in [1.165, 1.54) is 31.4 Å². The molecule has 2 N–H and O–H groups in total. The molecular formula is C18H32N2. The number of rotatable bonds is 10. The van der Waals surface area contributed by atoms with Crippen molar-refractivity contribution >= 4 is 5.69 Å². The average molecular weight is 276 g/mol. The van der Waals surface area contributed by atoms with Crippen molar-refractivity contribution in [2.24, 2.45) is 11.7 Å². The molecule has 2 unspecified atom stereocenters. The van der Waals surface area contributed by atoms with Gasteiger partial charge in [0.25, 0.3) is 0 Å². The van der Waals surface area contributed by atoms with Crippen LogP contribution in [0.4, 0.5) is 5.69 Å². The summed E-state index contributed by atoms with van der Waals surface area (Å²) in [6.07, 6.45) is 6.18. The maximum Gasteiger partial charge on any atom is 0.0366 e. The minimum absolute atomic E-state index is 0.340. The Morgan fingerprint density at radius 3 is 2.35 bits per heavy atom. The van der Waals surface area contributed by atoms with Crippen LogP contribution >= 0.6 is 0 Å². The summed E-state index contributed by atoms with van der Waals surface area (Å²) in [4.78, 5) is 2.54. The Morgan fingerprint density at radius 2 is 1.75 bits per heavy atom. The summed E-state index contributed by atoms with van der Waals surface area (Å²) in [6.45, 7) is 9.04. The molecule has 0 fully saturated rings. The Bertz CT molecular complexity index is 335. The molecule has 0 aromatic heterocycles. The van der Waals surface area contributed by atoms with E-state index in [0.29, 0.717) is 6.04 Å². The molecule has 0 aliphatic carbocycles. The minimum atomic E-state index is 0.340. The number of hydrogen-bond donors (Lipinski definition) is 1. The highest BCUT2D eigenvalue weighted by molar-refractivity contribution is 5.45. The van der Waals surface area contributed by atoms with Crippen molar-refractivity contribution in [3.05, 3.63) is 30.3 Å². The molecule has 0 bridgehead atoms. The molecule has 2 atom stereocenters. The van der Waals surface area contributed by atoms with E-state index in [-0.39, 0.29) is 0 Å². The summed E-state index contributed by atoms with van der Waals surface area (Å²) in [6, 6.07) is 11.2. The Labute approximate surface area is 125 Å². The van der Waals surface area contributed by atoms with Crippen LogP contribution in [-0.2, 0) is 0 Å². The quantitative estimate of drug-likeness (QED) is 0.684. The van der Waals surface area contributed by atoms with Crippen molar-refractivity contribution in [2.45, 2.75) is 58.9 Å². The van der Waals surface area contributed by atoms with Gasteiger partial charge >= 0.3 is 0 Å². The zero-order chi connectivity index (χ0) is 14.8. The number of unbranched alkanes of at least 4 members (excludes halogenated alkanes) is 1. The van der Waals surface area contributed by atoms with Crippen molar-refractivity contribution < 1.29 is 0 Å². The number of para-hydroxylation sites is 1. The SMILES string of the molecule is CCCCN(CC(C)CCCC(C)N)c1ccccc1. The number of nitrogens with two attached hydrogens (primary N) is 1. The van der Waals surface area contributed by atoms with Crippen molar-refractivity contribution in [1.29, 1.82) is 0 Å². The van der Waals surface area contributed by atoms with Gasteiger partial charge in [-0.05, 0) is 44.2 Å². The third kappa shape index (κ3) is 6.95. The lowest BCUT2D eigenvalue weighted by molar-refractivity contribution is 0.471. The van der Waals surface area contributed by atoms with Gasteiger partial charge in [-0.2, -0.15) is 0 Å². The fraction of sp³-hybridized carbons (Fsp3) is 0.667. The van der Waals surface area contributed by atoms with E-state index in [0.717, 1.165) is 25.4 Å². The summed E-state index contributed by atoms with van der Waals surface area (Å²) in [5.41, 5.74) is 7.19. The summed E-state index contributed by atoms with van der Waals surface area (Å²) < 4.78 is 0. The van der Waals surface area contributed by atoms with Crippen LogP contribution in [0.1, 0.15) is 52.9 Å². The second-order valence-corrected chi connectivity index (χ2v) is 6.15. The van der Waals surface area contributed by atoms with Gasteiger partial charge in [0.05, 0.1) is 0 Å². The molecule has 20 heavy (non-hydrogen) atoms. The molecule has 0 radical (unpaired) electrons. The second-order valence-electron chi connectivity index (χ2n) is 6.15. The largest absolute Gasteiger partial charge is 0.371 e. The molecule has 0 aliphatic heterocycles. The molecule has 0 saturated heterocycles. The monoisotopic (exact) mass is 276 g/mol.